The first-order chi connectivity index (χ1) is 12.5. The van der Waals surface area contributed by atoms with E-state index in [1.165, 1.54) is 18.2 Å². The number of hydrazine groups is 1. The summed E-state index contributed by atoms with van der Waals surface area (Å²) in [6.45, 7) is 4.59. The van der Waals surface area contributed by atoms with E-state index < -0.39 is 11.6 Å². The van der Waals surface area contributed by atoms with E-state index >= 15 is 0 Å². The summed E-state index contributed by atoms with van der Waals surface area (Å²) in [4.78, 5) is 4.52. The van der Waals surface area contributed by atoms with Crippen molar-refractivity contribution in [3.05, 3.63) is 70.5 Å². The van der Waals surface area contributed by atoms with E-state index in [2.05, 4.69) is 29.2 Å². The molecular formula is C19H17ClF2N4. The van der Waals surface area contributed by atoms with Crippen LogP contribution in [-0.2, 0) is 0 Å². The Bertz CT molecular complexity index is 919. The lowest BCUT2D eigenvalue weighted by Crippen LogP contribution is -2.42. The minimum atomic E-state index is -0.683. The molecule has 2 aliphatic heterocycles. The van der Waals surface area contributed by atoms with E-state index in [1.807, 2.05) is 29.3 Å². The quantitative estimate of drug-likeness (QED) is 0.827. The lowest BCUT2D eigenvalue weighted by Gasteiger charge is -2.33. The highest BCUT2D eigenvalue weighted by molar-refractivity contribution is 6.31. The van der Waals surface area contributed by atoms with Crippen molar-refractivity contribution in [1.29, 1.82) is 0 Å². The second kappa shape index (κ2) is 6.37. The molecule has 0 amide bonds. The van der Waals surface area contributed by atoms with Gasteiger partial charge in [-0.2, -0.15) is 0 Å². The number of aliphatic imine (C=N–C) groups is 1. The number of hydrogen-bond donors (Lipinski definition) is 1. The fourth-order valence-electron chi connectivity index (χ4n) is 3.16. The second-order valence-corrected chi connectivity index (χ2v) is 6.89. The Hall–Kier alpha value is -2.44. The summed E-state index contributed by atoms with van der Waals surface area (Å²) in [6, 6.07) is 11.4. The lowest BCUT2D eigenvalue weighted by molar-refractivity contribution is 0.256. The first-order valence-corrected chi connectivity index (χ1v) is 8.69. The van der Waals surface area contributed by atoms with Crippen molar-refractivity contribution in [2.45, 2.75) is 19.9 Å². The predicted molar refractivity (Wildman–Crippen MR) is 100 cm³/mol. The van der Waals surface area contributed by atoms with Gasteiger partial charge in [-0.1, -0.05) is 29.8 Å². The molecule has 1 N–H and O–H groups in total. The maximum Gasteiger partial charge on any atom is 0.166 e. The predicted octanol–water partition coefficient (Wildman–Crippen LogP) is 4.69. The van der Waals surface area contributed by atoms with Gasteiger partial charge in [0.2, 0.25) is 0 Å². The molecule has 2 aromatic rings. The molecule has 0 atom stereocenters. The first-order valence-electron chi connectivity index (χ1n) is 8.32. The topological polar surface area (TPSA) is 30.9 Å². The monoisotopic (exact) mass is 374 g/mol. The van der Waals surface area contributed by atoms with Crippen LogP contribution >= 0.6 is 11.6 Å². The van der Waals surface area contributed by atoms with Crippen molar-refractivity contribution in [3.8, 4) is 0 Å². The van der Waals surface area contributed by atoms with Crippen LogP contribution in [0.2, 0.25) is 0 Å². The maximum absolute atomic E-state index is 14.4. The fourth-order valence-corrected chi connectivity index (χ4v) is 3.41. The van der Waals surface area contributed by atoms with Gasteiger partial charge < -0.3 is 5.32 Å². The van der Waals surface area contributed by atoms with Gasteiger partial charge in [0.25, 0.3) is 0 Å². The van der Waals surface area contributed by atoms with Crippen molar-refractivity contribution in [1.82, 2.24) is 5.01 Å². The zero-order chi connectivity index (χ0) is 18.4. The van der Waals surface area contributed by atoms with Gasteiger partial charge in [0.15, 0.2) is 5.82 Å². The van der Waals surface area contributed by atoms with Crippen molar-refractivity contribution in [2.75, 3.05) is 16.9 Å². The molecule has 0 aromatic heterocycles. The molecule has 7 heteroatoms. The van der Waals surface area contributed by atoms with Crippen LogP contribution in [0.25, 0.3) is 0 Å². The molecule has 2 aromatic carbocycles. The van der Waals surface area contributed by atoms with Gasteiger partial charge in [-0.3, -0.25) is 5.01 Å². The molecular weight excluding hydrogens is 358 g/mol. The van der Waals surface area contributed by atoms with Crippen LogP contribution in [0.5, 0.6) is 0 Å². The number of amidine groups is 1. The van der Waals surface area contributed by atoms with Gasteiger partial charge in [-0.15, -0.1) is 0 Å². The van der Waals surface area contributed by atoms with Gasteiger partial charge >= 0.3 is 0 Å². The molecule has 0 radical (unpaired) electrons. The van der Waals surface area contributed by atoms with E-state index in [1.54, 1.807) is 0 Å². The van der Waals surface area contributed by atoms with Crippen molar-refractivity contribution in [3.63, 3.8) is 0 Å². The standard InChI is InChI=1S/C19H17ClF2N4/c1-11(2)25-10-12(20)19-24-18(17-13(21)6-5-7-14(17)22)23-15-8-3-4-9-16(15)26(19)25/h3-9,11H,10H2,1-2H3,(H,23,24). The Kier molecular flexibility index (Phi) is 4.17. The molecule has 134 valence electrons. The molecule has 0 aliphatic carbocycles. The van der Waals surface area contributed by atoms with E-state index in [-0.39, 0.29) is 17.4 Å². The first kappa shape index (κ1) is 17.0. The minimum absolute atomic E-state index is 0.0920. The molecule has 0 fully saturated rings. The number of anilines is 2. The number of fused-ring (bicyclic) bond motifs is 3. The molecule has 2 heterocycles. The smallest absolute Gasteiger partial charge is 0.166 e. The van der Waals surface area contributed by atoms with E-state index in [9.17, 15) is 8.78 Å². The lowest BCUT2D eigenvalue weighted by atomic mass is 10.1. The molecule has 0 spiro atoms. The summed E-state index contributed by atoms with van der Waals surface area (Å²) in [7, 11) is 0. The number of nitrogens with zero attached hydrogens (tertiary/aromatic N) is 3. The molecule has 0 bridgehead atoms. The van der Waals surface area contributed by atoms with Gasteiger partial charge in [-0.05, 0) is 38.1 Å². The zero-order valence-corrected chi connectivity index (χ0v) is 15.1. The fraction of sp³-hybridized carbons (Fsp3) is 0.211. The average Bonchev–Trinajstić information content (AvgIpc) is 2.82. The Morgan fingerprint density at radius 1 is 1.08 bits per heavy atom. The number of halogens is 3. The van der Waals surface area contributed by atoms with Crippen molar-refractivity contribution >= 4 is 28.8 Å². The van der Waals surface area contributed by atoms with Gasteiger partial charge in [0.05, 0.1) is 28.5 Å². The van der Waals surface area contributed by atoms with Crippen LogP contribution in [0, 0.1) is 11.6 Å². The van der Waals surface area contributed by atoms with Crippen molar-refractivity contribution in [2.24, 2.45) is 4.99 Å². The molecule has 2 aliphatic rings. The van der Waals surface area contributed by atoms with Crippen LogP contribution in [-0.4, -0.2) is 23.4 Å². The highest BCUT2D eigenvalue weighted by atomic mass is 35.5. The minimum Gasteiger partial charge on any atom is -0.338 e. The van der Waals surface area contributed by atoms with Crippen LogP contribution in [0.1, 0.15) is 19.4 Å². The molecule has 4 rings (SSSR count). The third-order valence-corrected chi connectivity index (χ3v) is 4.69. The highest BCUT2D eigenvalue weighted by Gasteiger charge is 2.36. The third-order valence-electron chi connectivity index (χ3n) is 4.40. The van der Waals surface area contributed by atoms with Crippen LogP contribution in [0.4, 0.5) is 20.2 Å². The average molecular weight is 375 g/mol. The largest absolute Gasteiger partial charge is 0.338 e. The zero-order valence-electron chi connectivity index (χ0n) is 14.3. The number of hydrogen-bond acceptors (Lipinski definition) is 4. The molecule has 4 nitrogen and oxygen atoms in total. The molecule has 0 saturated heterocycles. The van der Waals surface area contributed by atoms with Crippen molar-refractivity contribution < 1.29 is 8.78 Å². The maximum atomic E-state index is 14.4. The van der Waals surface area contributed by atoms with Crippen LogP contribution < -0.4 is 10.3 Å². The third kappa shape index (κ3) is 2.66. The molecule has 26 heavy (non-hydrogen) atoms. The summed E-state index contributed by atoms with van der Waals surface area (Å²) in [5, 5.41) is 7.56. The number of nitrogens with one attached hydrogen (secondary N) is 1. The molecule has 0 saturated carbocycles. The summed E-state index contributed by atoms with van der Waals surface area (Å²) in [5.41, 5.74) is 1.31. The summed E-state index contributed by atoms with van der Waals surface area (Å²) in [6.07, 6.45) is 0. The van der Waals surface area contributed by atoms with E-state index in [0.29, 0.717) is 23.1 Å². The Morgan fingerprint density at radius 2 is 1.77 bits per heavy atom. The Morgan fingerprint density at radius 3 is 2.46 bits per heavy atom. The number of para-hydroxylation sites is 2. The van der Waals surface area contributed by atoms with Gasteiger partial charge in [0.1, 0.15) is 17.5 Å². The summed E-state index contributed by atoms with van der Waals surface area (Å²) in [5.74, 6) is -0.806. The van der Waals surface area contributed by atoms with Crippen LogP contribution in [0.15, 0.2) is 58.3 Å². The van der Waals surface area contributed by atoms with Crippen LogP contribution in [0.3, 0.4) is 0 Å². The number of rotatable bonds is 2. The van der Waals surface area contributed by atoms with Gasteiger partial charge in [0, 0.05) is 6.04 Å². The number of benzene rings is 2. The SMILES string of the molecule is CC(C)N1CC(Cl)=C2N=C(c3c(F)cccc3F)Nc3ccccc3N21. The normalized spacial score (nSPS) is 17.0. The van der Waals surface area contributed by atoms with E-state index in [0.717, 1.165) is 5.69 Å². The highest BCUT2D eigenvalue weighted by Crippen LogP contribution is 2.40. The summed E-state index contributed by atoms with van der Waals surface area (Å²) >= 11 is 6.47. The van der Waals surface area contributed by atoms with Gasteiger partial charge in [-0.25, -0.2) is 18.8 Å². The van der Waals surface area contributed by atoms with E-state index in [4.69, 9.17) is 11.6 Å². The Labute approximate surface area is 155 Å². The molecule has 0 unspecified atom stereocenters. The summed E-state index contributed by atoms with van der Waals surface area (Å²) < 4.78 is 28.7. The second-order valence-electron chi connectivity index (χ2n) is 6.43. The Balaban J connectivity index is 1.94.